The minimum atomic E-state index is 0.199. The highest BCUT2D eigenvalue weighted by atomic mass is 16.5. The SMILES string of the molecule is CCC(=O)C1CC=C(C(C)OC)CC1C. The van der Waals surface area contributed by atoms with Gasteiger partial charge in [-0.1, -0.05) is 19.9 Å². The summed E-state index contributed by atoms with van der Waals surface area (Å²) in [6.45, 7) is 6.19. The molecule has 0 saturated heterocycles. The lowest BCUT2D eigenvalue weighted by atomic mass is 9.77. The second kappa shape index (κ2) is 5.45. The molecule has 1 aliphatic rings. The fraction of sp³-hybridized carbons (Fsp3) is 0.769. The van der Waals surface area contributed by atoms with Crippen LogP contribution in [0.3, 0.4) is 0 Å². The molecule has 1 rings (SSSR count). The lowest BCUT2D eigenvalue weighted by Crippen LogP contribution is -2.27. The number of ether oxygens (including phenoxy) is 1. The van der Waals surface area contributed by atoms with Crippen molar-refractivity contribution in [2.75, 3.05) is 7.11 Å². The molecule has 86 valence electrons. The van der Waals surface area contributed by atoms with E-state index in [1.807, 2.05) is 6.92 Å². The van der Waals surface area contributed by atoms with E-state index in [2.05, 4.69) is 19.9 Å². The summed E-state index contributed by atoms with van der Waals surface area (Å²) >= 11 is 0. The predicted molar refractivity (Wildman–Crippen MR) is 61.7 cm³/mol. The summed E-state index contributed by atoms with van der Waals surface area (Å²) in [6.07, 6.45) is 4.97. The fourth-order valence-corrected chi connectivity index (χ4v) is 2.30. The molecule has 3 unspecified atom stereocenters. The molecular formula is C13H22O2. The molecule has 0 fully saturated rings. The van der Waals surface area contributed by atoms with Gasteiger partial charge in [0.15, 0.2) is 0 Å². The largest absolute Gasteiger partial charge is 0.377 e. The van der Waals surface area contributed by atoms with Gasteiger partial charge in [0.1, 0.15) is 5.78 Å². The van der Waals surface area contributed by atoms with E-state index in [0.29, 0.717) is 18.1 Å². The summed E-state index contributed by atoms with van der Waals surface area (Å²) in [7, 11) is 1.74. The smallest absolute Gasteiger partial charge is 0.136 e. The van der Waals surface area contributed by atoms with Crippen LogP contribution in [0, 0.1) is 11.8 Å². The molecule has 2 heteroatoms. The molecule has 0 heterocycles. The molecular weight excluding hydrogens is 188 g/mol. The molecule has 0 radical (unpaired) electrons. The summed E-state index contributed by atoms with van der Waals surface area (Å²) in [5.41, 5.74) is 1.35. The first-order valence-corrected chi connectivity index (χ1v) is 5.84. The van der Waals surface area contributed by atoms with Gasteiger partial charge in [-0.3, -0.25) is 4.79 Å². The number of allylic oxidation sites excluding steroid dienone is 1. The molecule has 0 aromatic heterocycles. The Morgan fingerprint density at radius 3 is 2.80 bits per heavy atom. The van der Waals surface area contributed by atoms with Crippen LogP contribution in [0.2, 0.25) is 0 Å². The Kier molecular flexibility index (Phi) is 4.52. The Morgan fingerprint density at radius 1 is 1.67 bits per heavy atom. The van der Waals surface area contributed by atoms with E-state index in [4.69, 9.17) is 4.74 Å². The Labute approximate surface area is 92.7 Å². The minimum Gasteiger partial charge on any atom is -0.377 e. The van der Waals surface area contributed by atoms with Crippen LogP contribution < -0.4 is 0 Å². The van der Waals surface area contributed by atoms with Gasteiger partial charge in [0.05, 0.1) is 6.10 Å². The molecule has 1 aliphatic carbocycles. The van der Waals surface area contributed by atoms with E-state index in [1.54, 1.807) is 7.11 Å². The van der Waals surface area contributed by atoms with Crippen LogP contribution in [0.25, 0.3) is 0 Å². The van der Waals surface area contributed by atoms with E-state index in [0.717, 1.165) is 12.8 Å². The van der Waals surface area contributed by atoms with Crippen LogP contribution in [-0.2, 0) is 9.53 Å². The van der Waals surface area contributed by atoms with Crippen molar-refractivity contribution in [2.45, 2.75) is 46.1 Å². The summed E-state index contributed by atoms with van der Waals surface area (Å²) < 4.78 is 5.31. The van der Waals surface area contributed by atoms with Crippen molar-refractivity contribution in [3.63, 3.8) is 0 Å². The van der Waals surface area contributed by atoms with Crippen molar-refractivity contribution >= 4 is 5.78 Å². The standard InChI is InChI=1S/C13H22O2/c1-5-13(14)12-7-6-11(8-9(12)2)10(3)15-4/h6,9-10,12H,5,7-8H2,1-4H3. The summed E-state index contributed by atoms with van der Waals surface area (Å²) in [5, 5.41) is 0. The van der Waals surface area contributed by atoms with Gasteiger partial charge in [0, 0.05) is 19.4 Å². The molecule has 0 aliphatic heterocycles. The molecule has 15 heavy (non-hydrogen) atoms. The van der Waals surface area contributed by atoms with E-state index in [9.17, 15) is 4.79 Å². The Hall–Kier alpha value is -0.630. The first-order chi connectivity index (χ1) is 7.10. The van der Waals surface area contributed by atoms with E-state index in [-0.39, 0.29) is 12.0 Å². The lowest BCUT2D eigenvalue weighted by Gasteiger charge is -2.29. The molecule has 0 aromatic carbocycles. The highest BCUT2D eigenvalue weighted by molar-refractivity contribution is 5.81. The first-order valence-electron chi connectivity index (χ1n) is 5.84. The average molecular weight is 210 g/mol. The van der Waals surface area contributed by atoms with Crippen molar-refractivity contribution in [3.8, 4) is 0 Å². The zero-order valence-corrected chi connectivity index (χ0v) is 10.2. The topological polar surface area (TPSA) is 26.3 Å². The summed E-state index contributed by atoms with van der Waals surface area (Å²) in [5.74, 6) is 1.11. The van der Waals surface area contributed by atoms with Crippen LogP contribution in [0.1, 0.15) is 40.0 Å². The van der Waals surface area contributed by atoms with E-state index < -0.39 is 0 Å². The highest BCUT2D eigenvalue weighted by Crippen LogP contribution is 2.32. The van der Waals surface area contributed by atoms with Gasteiger partial charge < -0.3 is 4.74 Å². The van der Waals surface area contributed by atoms with Crippen LogP contribution in [0.15, 0.2) is 11.6 Å². The molecule has 0 spiro atoms. The Morgan fingerprint density at radius 2 is 2.33 bits per heavy atom. The summed E-state index contributed by atoms with van der Waals surface area (Å²) in [6, 6.07) is 0. The fourth-order valence-electron chi connectivity index (χ4n) is 2.30. The van der Waals surface area contributed by atoms with Gasteiger partial charge in [0.2, 0.25) is 0 Å². The van der Waals surface area contributed by atoms with Crippen molar-refractivity contribution in [2.24, 2.45) is 11.8 Å². The number of hydrogen-bond acceptors (Lipinski definition) is 2. The van der Waals surface area contributed by atoms with Crippen LogP contribution in [0.5, 0.6) is 0 Å². The number of Topliss-reactive ketones (excluding diaryl/α,β-unsaturated/α-hetero) is 1. The zero-order valence-electron chi connectivity index (χ0n) is 10.2. The molecule has 0 saturated carbocycles. The van der Waals surface area contributed by atoms with E-state index >= 15 is 0 Å². The molecule has 2 nitrogen and oxygen atoms in total. The maximum Gasteiger partial charge on any atom is 0.136 e. The van der Waals surface area contributed by atoms with Crippen molar-refractivity contribution in [1.29, 1.82) is 0 Å². The number of rotatable bonds is 4. The number of carbonyl (C=O) groups is 1. The van der Waals surface area contributed by atoms with Gasteiger partial charge >= 0.3 is 0 Å². The maximum atomic E-state index is 11.7. The third kappa shape index (κ3) is 2.91. The number of ketones is 1. The Balaban J connectivity index is 2.66. The third-order valence-electron chi connectivity index (χ3n) is 3.52. The van der Waals surface area contributed by atoms with Crippen molar-refractivity contribution in [3.05, 3.63) is 11.6 Å². The molecule has 0 bridgehead atoms. The van der Waals surface area contributed by atoms with Crippen LogP contribution in [-0.4, -0.2) is 19.0 Å². The second-order valence-corrected chi connectivity index (χ2v) is 4.50. The number of carbonyl (C=O) groups excluding carboxylic acids is 1. The van der Waals surface area contributed by atoms with Gasteiger partial charge in [-0.2, -0.15) is 0 Å². The number of methoxy groups -OCH3 is 1. The van der Waals surface area contributed by atoms with Gasteiger partial charge in [-0.25, -0.2) is 0 Å². The van der Waals surface area contributed by atoms with Gasteiger partial charge in [-0.15, -0.1) is 0 Å². The maximum absolute atomic E-state index is 11.7. The van der Waals surface area contributed by atoms with Crippen molar-refractivity contribution < 1.29 is 9.53 Å². The second-order valence-electron chi connectivity index (χ2n) is 4.50. The molecule has 0 N–H and O–H groups in total. The normalized spacial score (nSPS) is 28.4. The summed E-state index contributed by atoms with van der Waals surface area (Å²) in [4.78, 5) is 11.7. The molecule has 3 atom stereocenters. The molecule has 0 aromatic rings. The van der Waals surface area contributed by atoms with Crippen LogP contribution in [0.4, 0.5) is 0 Å². The quantitative estimate of drug-likeness (QED) is 0.667. The molecule has 0 amide bonds. The Bertz CT molecular complexity index is 255. The zero-order chi connectivity index (χ0) is 11.4. The third-order valence-corrected chi connectivity index (χ3v) is 3.52. The number of hydrogen-bond donors (Lipinski definition) is 0. The predicted octanol–water partition coefficient (Wildman–Crippen LogP) is 2.97. The van der Waals surface area contributed by atoms with Gasteiger partial charge in [0.25, 0.3) is 0 Å². The monoisotopic (exact) mass is 210 g/mol. The first kappa shape index (κ1) is 12.4. The highest BCUT2D eigenvalue weighted by Gasteiger charge is 2.28. The lowest BCUT2D eigenvalue weighted by molar-refractivity contribution is -0.124. The van der Waals surface area contributed by atoms with E-state index in [1.165, 1.54) is 5.57 Å². The average Bonchev–Trinajstić information content (AvgIpc) is 2.26. The van der Waals surface area contributed by atoms with Crippen LogP contribution >= 0.6 is 0 Å². The minimum absolute atomic E-state index is 0.199. The van der Waals surface area contributed by atoms with Gasteiger partial charge in [-0.05, 0) is 31.3 Å². The van der Waals surface area contributed by atoms with Crippen molar-refractivity contribution in [1.82, 2.24) is 0 Å².